The Labute approximate surface area is 123 Å². The van der Waals surface area contributed by atoms with Crippen molar-refractivity contribution in [3.05, 3.63) is 27.7 Å². The van der Waals surface area contributed by atoms with Crippen LogP contribution < -0.4 is 0 Å². The second kappa shape index (κ2) is 5.46. The number of benzene rings is 1. The van der Waals surface area contributed by atoms with Crippen molar-refractivity contribution in [2.45, 2.75) is 11.0 Å². The highest BCUT2D eigenvalue weighted by Crippen LogP contribution is 2.33. The van der Waals surface area contributed by atoms with Crippen molar-refractivity contribution in [3.8, 4) is 0 Å². The fraction of sp³-hybridized carbons (Fsp3) is 0.300. The van der Waals surface area contributed by atoms with E-state index in [9.17, 15) is 13.2 Å². The molecule has 2 rings (SSSR count). The zero-order valence-corrected chi connectivity index (χ0v) is 12.3. The van der Waals surface area contributed by atoms with Gasteiger partial charge in [-0.2, -0.15) is 0 Å². The van der Waals surface area contributed by atoms with Crippen molar-refractivity contribution < 1.29 is 22.7 Å². The third kappa shape index (κ3) is 3.32. The zero-order chi connectivity index (χ0) is 14.2. The maximum Gasteiger partial charge on any atom is 0.338 e. The molecule has 9 heteroatoms. The normalized spacial score (nSPS) is 15.9. The van der Waals surface area contributed by atoms with Gasteiger partial charge in [0.15, 0.2) is 0 Å². The molecule has 0 saturated carbocycles. The van der Waals surface area contributed by atoms with E-state index in [1.807, 2.05) is 0 Å². The summed E-state index contributed by atoms with van der Waals surface area (Å²) < 4.78 is 32.5. The third-order valence-corrected chi connectivity index (χ3v) is 4.63. The lowest BCUT2D eigenvalue weighted by atomic mass is 10.2. The largest absolute Gasteiger partial charge is 0.454 e. The summed E-state index contributed by atoms with van der Waals surface area (Å²) in [6.07, 6.45) is -0.335. The monoisotopic (exact) mass is 344 g/mol. The van der Waals surface area contributed by atoms with Crippen molar-refractivity contribution in [2.75, 3.05) is 13.2 Å². The molecule has 0 aliphatic carbocycles. The van der Waals surface area contributed by atoms with Gasteiger partial charge in [0.1, 0.15) is 11.0 Å². The number of rotatable bonds is 3. The Morgan fingerprint density at radius 3 is 2.42 bits per heavy atom. The fourth-order valence-electron chi connectivity index (χ4n) is 1.36. The fourth-order valence-corrected chi connectivity index (χ4v) is 3.13. The van der Waals surface area contributed by atoms with Crippen molar-refractivity contribution >= 4 is 48.9 Å². The lowest BCUT2D eigenvalue weighted by Crippen LogP contribution is -2.37. The highest BCUT2D eigenvalue weighted by molar-refractivity contribution is 8.13. The summed E-state index contributed by atoms with van der Waals surface area (Å²) in [4.78, 5) is 11.3. The molecule has 0 bridgehead atoms. The van der Waals surface area contributed by atoms with Gasteiger partial charge < -0.3 is 9.47 Å². The van der Waals surface area contributed by atoms with Gasteiger partial charge in [0.05, 0.1) is 28.8 Å². The van der Waals surface area contributed by atoms with Crippen molar-refractivity contribution in [3.63, 3.8) is 0 Å². The second-order valence-corrected chi connectivity index (χ2v) is 7.09. The van der Waals surface area contributed by atoms with E-state index < -0.39 is 19.9 Å². The van der Waals surface area contributed by atoms with Crippen LogP contribution in [0, 0.1) is 0 Å². The van der Waals surface area contributed by atoms with Crippen LogP contribution in [0.4, 0.5) is 0 Å². The first kappa shape index (κ1) is 14.9. The molecule has 5 nitrogen and oxygen atoms in total. The first-order valence-electron chi connectivity index (χ1n) is 5.01. The van der Waals surface area contributed by atoms with E-state index >= 15 is 0 Å². The second-order valence-electron chi connectivity index (χ2n) is 3.77. The highest BCUT2D eigenvalue weighted by atomic mass is 35.7. The van der Waals surface area contributed by atoms with E-state index in [1.54, 1.807) is 0 Å². The minimum Gasteiger partial charge on any atom is -0.454 e. The van der Waals surface area contributed by atoms with Crippen LogP contribution in [0.15, 0.2) is 17.0 Å². The number of carbonyl (C=O) groups excluding carboxylic acids is 1. The van der Waals surface area contributed by atoms with Crippen LogP contribution in [0.3, 0.4) is 0 Å². The van der Waals surface area contributed by atoms with Gasteiger partial charge in [-0.05, 0) is 12.1 Å². The lowest BCUT2D eigenvalue weighted by Gasteiger charge is -2.25. The Morgan fingerprint density at radius 2 is 1.95 bits per heavy atom. The number of carbonyl (C=O) groups is 1. The van der Waals surface area contributed by atoms with Gasteiger partial charge in [-0.15, -0.1) is 0 Å². The summed E-state index contributed by atoms with van der Waals surface area (Å²) in [7, 11) is 1.10. The maximum atomic E-state index is 11.8. The van der Waals surface area contributed by atoms with Gasteiger partial charge in [0.2, 0.25) is 0 Å². The minimum atomic E-state index is -4.11. The molecule has 0 amide bonds. The Hall–Kier alpha value is -0.530. The van der Waals surface area contributed by atoms with E-state index in [0.717, 1.165) is 6.07 Å². The maximum absolute atomic E-state index is 11.8. The van der Waals surface area contributed by atoms with E-state index in [2.05, 4.69) is 0 Å². The van der Waals surface area contributed by atoms with Crippen LogP contribution >= 0.6 is 33.9 Å². The van der Waals surface area contributed by atoms with Crippen LogP contribution in [0.25, 0.3) is 0 Å². The molecule has 1 aliphatic rings. The molecule has 1 aliphatic heterocycles. The van der Waals surface area contributed by atoms with Crippen LogP contribution in [-0.2, 0) is 18.5 Å². The molecule has 0 radical (unpaired) electrons. The Morgan fingerprint density at radius 1 is 1.32 bits per heavy atom. The average Bonchev–Trinajstić information content (AvgIpc) is 2.25. The van der Waals surface area contributed by atoms with E-state index in [-0.39, 0.29) is 21.7 Å². The van der Waals surface area contributed by atoms with Crippen molar-refractivity contribution in [1.29, 1.82) is 0 Å². The predicted molar refractivity (Wildman–Crippen MR) is 69.5 cm³/mol. The predicted octanol–water partition coefficient (Wildman–Crippen LogP) is 2.48. The molecule has 0 N–H and O–H groups in total. The van der Waals surface area contributed by atoms with Gasteiger partial charge in [-0.3, -0.25) is 0 Å². The number of halogens is 3. The molecular weight excluding hydrogens is 339 g/mol. The topological polar surface area (TPSA) is 69.7 Å². The number of esters is 1. The number of hydrogen-bond donors (Lipinski definition) is 0. The quantitative estimate of drug-likeness (QED) is 0.622. The summed E-state index contributed by atoms with van der Waals surface area (Å²) in [5.74, 6) is -0.714. The van der Waals surface area contributed by atoms with E-state index in [0.29, 0.717) is 13.2 Å². The number of hydrogen-bond acceptors (Lipinski definition) is 5. The van der Waals surface area contributed by atoms with Gasteiger partial charge >= 0.3 is 5.97 Å². The standard InChI is InChI=1S/C10H7Cl3O5S/c11-7-1-5(10(14)18-6-3-17-4-6)2-8(9(7)12)19(13,15)16/h1-2,6H,3-4H2. The molecule has 0 unspecified atom stereocenters. The molecule has 0 atom stereocenters. The first-order valence-corrected chi connectivity index (χ1v) is 8.08. The van der Waals surface area contributed by atoms with E-state index in [4.69, 9.17) is 43.4 Å². The highest BCUT2D eigenvalue weighted by Gasteiger charge is 2.26. The molecule has 0 spiro atoms. The van der Waals surface area contributed by atoms with Crippen molar-refractivity contribution in [2.24, 2.45) is 0 Å². The summed E-state index contributed by atoms with van der Waals surface area (Å²) in [5.41, 5.74) is -0.0412. The minimum absolute atomic E-state index is 0.0412. The molecule has 1 aromatic rings. The molecule has 104 valence electrons. The van der Waals surface area contributed by atoms with Gasteiger partial charge in [-0.25, -0.2) is 13.2 Å². The Kier molecular flexibility index (Phi) is 4.27. The molecule has 1 saturated heterocycles. The smallest absolute Gasteiger partial charge is 0.338 e. The summed E-state index contributed by atoms with van der Waals surface area (Å²) in [5, 5.41) is -0.333. The SMILES string of the molecule is O=C(OC1COC1)c1cc(Cl)c(Cl)c(S(=O)(=O)Cl)c1. The van der Waals surface area contributed by atoms with Crippen LogP contribution in [0.1, 0.15) is 10.4 Å². The first-order chi connectivity index (χ1) is 8.79. The molecule has 1 fully saturated rings. The van der Waals surface area contributed by atoms with Crippen LogP contribution in [0.5, 0.6) is 0 Å². The van der Waals surface area contributed by atoms with Gasteiger partial charge in [-0.1, -0.05) is 23.2 Å². The molecule has 1 aromatic carbocycles. The lowest BCUT2D eigenvalue weighted by molar-refractivity contribution is -0.103. The van der Waals surface area contributed by atoms with Gasteiger partial charge in [0.25, 0.3) is 9.05 Å². The average molecular weight is 346 g/mol. The molecular formula is C10H7Cl3O5S. The van der Waals surface area contributed by atoms with Gasteiger partial charge in [0, 0.05) is 10.7 Å². The third-order valence-electron chi connectivity index (χ3n) is 2.37. The summed E-state index contributed by atoms with van der Waals surface area (Å²) in [6, 6.07) is 2.25. The molecule has 19 heavy (non-hydrogen) atoms. The Bertz CT molecular complexity index is 624. The molecule has 1 heterocycles. The zero-order valence-electron chi connectivity index (χ0n) is 9.23. The molecule has 0 aromatic heterocycles. The van der Waals surface area contributed by atoms with E-state index in [1.165, 1.54) is 6.07 Å². The summed E-state index contributed by atoms with van der Waals surface area (Å²) in [6.45, 7) is 0.626. The van der Waals surface area contributed by atoms with Crippen LogP contribution in [0.2, 0.25) is 10.0 Å². The summed E-state index contributed by atoms with van der Waals surface area (Å²) >= 11 is 11.5. The van der Waals surface area contributed by atoms with Crippen LogP contribution in [-0.4, -0.2) is 33.7 Å². The Balaban J connectivity index is 2.36. The number of ether oxygens (including phenoxy) is 2. The van der Waals surface area contributed by atoms with Crippen molar-refractivity contribution in [1.82, 2.24) is 0 Å².